The summed E-state index contributed by atoms with van der Waals surface area (Å²) in [5.74, 6) is -0.196. The van der Waals surface area contributed by atoms with Crippen molar-refractivity contribution in [3.8, 4) is 10.6 Å². The lowest BCUT2D eigenvalue weighted by Gasteiger charge is -2.36. The van der Waals surface area contributed by atoms with Crippen LogP contribution < -0.4 is 11.1 Å². The second kappa shape index (κ2) is 9.21. The number of primary amides is 1. The molecule has 0 fully saturated rings. The summed E-state index contributed by atoms with van der Waals surface area (Å²) in [6.07, 6.45) is 3.86. The first-order valence-electron chi connectivity index (χ1n) is 12.0. The molecule has 1 aliphatic rings. The Morgan fingerprint density at radius 3 is 2.71 bits per heavy atom. The zero-order chi connectivity index (χ0) is 24.7. The Labute approximate surface area is 213 Å². The summed E-state index contributed by atoms with van der Waals surface area (Å²) < 4.78 is 0. The SMILES string of the molecule is CCC(C)(C)C1CCc2c(sc(NC(=O)c3cc(-c4cccs4)nc4ccccc34)c2C(N)=O)C1. The molecule has 35 heavy (non-hydrogen) atoms. The second-order valence-corrected chi connectivity index (χ2v) is 11.9. The Morgan fingerprint density at radius 2 is 2.00 bits per heavy atom. The number of nitrogens with zero attached hydrogens (tertiary/aromatic N) is 1. The first kappa shape index (κ1) is 23.7. The van der Waals surface area contributed by atoms with E-state index in [2.05, 4.69) is 26.1 Å². The van der Waals surface area contributed by atoms with E-state index in [9.17, 15) is 9.59 Å². The molecular weight excluding hydrogens is 474 g/mol. The summed E-state index contributed by atoms with van der Waals surface area (Å²) in [5, 5.41) is 6.38. The lowest BCUT2D eigenvalue weighted by atomic mass is 9.69. The lowest BCUT2D eigenvalue weighted by molar-refractivity contribution is 0.0999. The number of anilines is 1. The van der Waals surface area contributed by atoms with Gasteiger partial charge in [-0.2, -0.15) is 0 Å². The van der Waals surface area contributed by atoms with Crippen LogP contribution in [0, 0.1) is 11.3 Å². The van der Waals surface area contributed by atoms with Gasteiger partial charge in [0.2, 0.25) is 0 Å². The number of fused-ring (bicyclic) bond motifs is 2. The van der Waals surface area contributed by atoms with Gasteiger partial charge in [0.15, 0.2) is 0 Å². The highest BCUT2D eigenvalue weighted by Crippen LogP contribution is 2.45. The van der Waals surface area contributed by atoms with Crippen molar-refractivity contribution in [2.24, 2.45) is 17.1 Å². The van der Waals surface area contributed by atoms with E-state index in [1.54, 1.807) is 11.3 Å². The largest absolute Gasteiger partial charge is 0.365 e. The van der Waals surface area contributed by atoms with Crippen LogP contribution in [0.3, 0.4) is 0 Å². The van der Waals surface area contributed by atoms with E-state index in [-0.39, 0.29) is 11.3 Å². The average Bonchev–Trinajstić information content (AvgIpc) is 3.50. The molecule has 7 heteroatoms. The molecule has 180 valence electrons. The normalized spacial score (nSPS) is 15.7. The average molecular weight is 504 g/mol. The first-order valence-corrected chi connectivity index (χ1v) is 13.7. The van der Waals surface area contributed by atoms with E-state index in [1.807, 2.05) is 47.8 Å². The Kier molecular flexibility index (Phi) is 6.23. The van der Waals surface area contributed by atoms with E-state index in [0.29, 0.717) is 22.0 Å². The number of hydrogen-bond acceptors (Lipinski definition) is 5. The molecule has 0 radical (unpaired) electrons. The van der Waals surface area contributed by atoms with Gasteiger partial charge in [-0.15, -0.1) is 22.7 Å². The van der Waals surface area contributed by atoms with Crippen LogP contribution in [-0.2, 0) is 12.8 Å². The molecule has 0 spiro atoms. The van der Waals surface area contributed by atoms with Gasteiger partial charge >= 0.3 is 0 Å². The molecule has 4 aromatic rings. The summed E-state index contributed by atoms with van der Waals surface area (Å²) in [6.45, 7) is 6.86. The highest BCUT2D eigenvalue weighted by molar-refractivity contribution is 7.17. The van der Waals surface area contributed by atoms with Gasteiger partial charge in [0.05, 0.1) is 27.2 Å². The summed E-state index contributed by atoms with van der Waals surface area (Å²) in [4.78, 5) is 33.1. The van der Waals surface area contributed by atoms with Gasteiger partial charge in [0.1, 0.15) is 5.00 Å². The molecule has 3 aromatic heterocycles. The number of para-hydroxylation sites is 1. The number of thiophene rings is 2. The molecule has 3 N–H and O–H groups in total. The fourth-order valence-electron chi connectivity index (χ4n) is 4.97. The van der Waals surface area contributed by atoms with E-state index < -0.39 is 5.91 Å². The van der Waals surface area contributed by atoms with Crippen LogP contribution in [0.1, 0.15) is 64.8 Å². The van der Waals surface area contributed by atoms with Crippen LogP contribution in [0.2, 0.25) is 0 Å². The number of amides is 2. The smallest absolute Gasteiger partial charge is 0.257 e. The van der Waals surface area contributed by atoms with E-state index in [4.69, 9.17) is 10.7 Å². The van der Waals surface area contributed by atoms with Gasteiger partial charge in [-0.05, 0) is 59.7 Å². The molecule has 3 heterocycles. The van der Waals surface area contributed by atoms with Crippen LogP contribution in [0.15, 0.2) is 47.8 Å². The quantitative estimate of drug-likeness (QED) is 0.300. The molecular formula is C28H29N3O2S2. The number of benzene rings is 1. The fourth-order valence-corrected chi connectivity index (χ4v) is 6.99. The molecule has 0 saturated carbocycles. The maximum atomic E-state index is 13.6. The molecule has 5 rings (SSSR count). The Balaban J connectivity index is 1.53. The van der Waals surface area contributed by atoms with Gasteiger partial charge in [0, 0.05) is 10.3 Å². The first-order chi connectivity index (χ1) is 16.8. The maximum Gasteiger partial charge on any atom is 0.257 e. The minimum Gasteiger partial charge on any atom is -0.365 e. The molecule has 1 aromatic carbocycles. The van der Waals surface area contributed by atoms with Crippen molar-refractivity contribution in [3.05, 3.63) is 69.4 Å². The molecule has 1 aliphatic carbocycles. The van der Waals surface area contributed by atoms with Gasteiger partial charge in [0.25, 0.3) is 11.8 Å². The van der Waals surface area contributed by atoms with Crippen molar-refractivity contribution in [2.45, 2.75) is 46.5 Å². The molecule has 0 bridgehead atoms. The molecule has 1 unspecified atom stereocenters. The number of nitrogens with two attached hydrogens (primary N) is 1. The number of carbonyl (C=O) groups is 2. The number of aromatic nitrogens is 1. The number of pyridine rings is 1. The van der Waals surface area contributed by atoms with Gasteiger partial charge in [-0.25, -0.2) is 4.98 Å². The summed E-state index contributed by atoms with van der Waals surface area (Å²) in [5.41, 5.74) is 9.60. The highest BCUT2D eigenvalue weighted by atomic mass is 32.1. The van der Waals surface area contributed by atoms with Crippen LogP contribution in [0.5, 0.6) is 0 Å². The summed E-state index contributed by atoms with van der Waals surface area (Å²) >= 11 is 3.09. The van der Waals surface area contributed by atoms with Crippen LogP contribution >= 0.6 is 22.7 Å². The third kappa shape index (κ3) is 4.39. The minimum absolute atomic E-state index is 0.228. The van der Waals surface area contributed by atoms with Crippen LogP contribution in [0.25, 0.3) is 21.5 Å². The fraction of sp³-hybridized carbons (Fsp3) is 0.321. The minimum atomic E-state index is -0.482. The van der Waals surface area contributed by atoms with Crippen molar-refractivity contribution in [1.82, 2.24) is 4.98 Å². The Morgan fingerprint density at radius 1 is 1.20 bits per heavy atom. The summed E-state index contributed by atoms with van der Waals surface area (Å²) in [6, 6.07) is 13.4. The number of hydrogen-bond donors (Lipinski definition) is 2. The van der Waals surface area contributed by atoms with Crippen molar-refractivity contribution in [1.29, 1.82) is 0 Å². The van der Waals surface area contributed by atoms with Crippen LogP contribution in [0.4, 0.5) is 5.00 Å². The molecule has 0 saturated heterocycles. The van der Waals surface area contributed by atoms with Crippen molar-refractivity contribution in [2.75, 3.05) is 5.32 Å². The monoisotopic (exact) mass is 503 g/mol. The van der Waals surface area contributed by atoms with E-state index in [1.165, 1.54) is 16.2 Å². The Hall–Kier alpha value is -3.03. The van der Waals surface area contributed by atoms with Crippen molar-refractivity contribution < 1.29 is 9.59 Å². The number of nitrogens with one attached hydrogen (secondary N) is 1. The zero-order valence-corrected chi connectivity index (χ0v) is 21.8. The van der Waals surface area contributed by atoms with E-state index in [0.717, 1.165) is 52.7 Å². The predicted octanol–water partition coefficient (Wildman–Crippen LogP) is 6.92. The standard InChI is InChI=1S/C28H29N3O2S2/c1-4-28(2,3)16-11-12-18-23(14-16)35-27(24(18)25(29)32)31-26(33)19-15-21(22-10-7-13-34-22)30-20-9-6-5-8-17(19)20/h5-10,13,15-16H,4,11-12,14H2,1-3H3,(H2,29,32)(H,31,33). The predicted molar refractivity (Wildman–Crippen MR) is 145 cm³/mol. The van der Waals surface area contributed by atoms with Crippen molar-refractivity contribution >= 4 is 50.4 Å². The molecule has 2 amide bonds. The lowest BCUT2D eigenvalue weighted by Crippen LogP contribution is -2.29. The third-order valence-corrected chi connectivity index (χ3v) is 9.55. The molecule has 0 aliphatic heterocycles. The molecule has 5 nitrogen and oxygen atoms in total. The number of carbonyl (C=O) groups excluding carboxylic acids is 2. The van der Waals surface area contributed by atoms with Gasteiger partial charge in [-0.3, -0.25) is 9.59 Å². The topological polar surface area (TPSA) is 85.1 Å². The van der Waals surface area contributed by atoms with E-state index >= 15 is 0 Å². The second-order valence-electron chi connectivity index (χ2n) is 9.86. The Bertz CT molecular complexity index is 1420. The molecule has 1 atom stereocenters. The summed E-state index contributed by atoms with van der Waals surface area (Å²) in [7, 11) is 0. The zero-order valence-electron chi connectivity index (χ0n) is 20.2. The highest BCUT2D eigenvalue weighted by Gasteiger charge is 2.35. The van der Waals surface area contributed by atoms with Gasteiger partial charge < -0.3 is 11.1 Å². The van der Waals surface area contributed by atoms with Crippen LogP contribution in [-0.4, -0.2) is 16.8 Å². The van der Waals surface area contributed by atoms with Gasteiger partial charge in [-0.1, -0.05) is 51.5 Å². The number of rotatable bonds is 6. The van der Waals surface area contributed by atoms with Crippen molar-refractivity contribution in [3.63, 3.8) is 0 Å². The maximum absolute atomic E-state index is 13.6. The third-order valence-electron chi connectivity index (χ3n) is 7.49.